The van der Waals surface area contributed by atoms with Gasteiger partial charge in [-0.1, -0.05) is 12.1 Å². The molecule has 0 radical (unpaired) electrons. The summed E-state index contributed by atoms with van der Waals surface area (Å²) in [6, 6.07) is 7.19. The lowest BCUT2D eigenvalue weighted by molar-refractivity contribution is -0.121. The lowest BCUT2D eigenvalue weighted by atomic mass is 10.3. The van der Waals surface area contributed by atoms with Crippen molar-refractivity contribution >= 4 is 11.6 Å². The number of para-hydroxylation sites is 2. The quantitative estimate of drug-likeness (QED) is 0.474. The average Bonchev–Trinajstić information content (AvgIpc) is 2.37. The molecule has 0 bridgehead atoms. The number of aliphatic hydroxyl groups is 1. The molecular formula is C13H20N2O3. The Morgan fingerprint density at radius 3 is 2.83 bits per heavy atom. The SMILES string of the molecule is Nc1ccccc1OCCC(=O)NCCCCO. The van der Waals surface area contributed by atoms with Gasteiger partial charge in [-0.2, -0.15) is 0 Å². The summed E-state index contributed by atoms with van der Waals surface area (Å²) in [5, 5.41) is 11.3. The number of unbranched alkanes of at least 4 members (excludes halogenated alkanes) is 1. The zero-order valence-electron chi connectivity index (χ0n) is 10.4. The van der Waals surface area contributed by atoms with Crippen molar-refractivity contribution in [3.05, 3.63) is 24.3 Å². The maximum Gasteiger partial charge on any atom is 0.223 e. The lowest BCUT2D eigenvalue weighted by Gasteiger charge is -2.08. The summed E-state index contributed by atoms with van der Waals surface area (Å²) in [5.41, 5.74) is 6.27. The van der Waals surface area contributed by atoms with Crippen LogP contribution < -0.4 is 15.8 Å². The molecule has 5 heteroatoms. The highest BCUT2D eigenvalue weighted by Crippen LogP contribution is 2.19. The predicted molar refractivity (Wildman–Crippen MR) is 70.3 cm³/mol. The monoisotopic (exact) mass is 252 g/mol. The molecule has 0 heterocycles. The third-order valence-corrected chi connectivity index (χ3v) is 2.41. The highest BCUT2D eigenvalue weighted by Gasteiger charge is 2.02. The van der Waals surface area contributed by atoms with Gasteiger partial charge in [0.15, 0.2) is 0 Å². The number of hydrogen-bond donors (Lipinski definition) is 3. The molecule has 0 spiro atoms. The standard InChI is InChI=1S/C13H20N2O3/c14-11-5-1-2-6-12(11)18-10-7-13(17)15-8-3-4-9-16/h1-2,5-6,16H,3-4,7-10,14H2,(H,15,17). The van der Waals surface area contributed by atoms with E-state index in [-0.39, 0.29) is 12.5 Å². The van der Waals surface area contributed by atoms with Crippen LogP contribution >= 0.6 is 0 Å². The number of carbonyl (C=O) groups is 1. The normalized spacial score (nSPS) is 10.1. The zero-order valence-corrected chi connectivity index (χ0v) is 10.4. The maximum absolute atomic E-state index is 11.4. The van der Waals surface area contributed by atoms with E-state index in [0.29, 0.717) is 37.4 Å². The van der Waals surface area contributed by atoms with Crippen molar-refractivity contribution in [2.45, 2.75) is 19.3 Å². The zero-order chi connectivity index (χ0) is 13.2. The fraction of sp³-hybridized carbons (Fsp3) is 0.462. The average molecular weight is 252 g/mol. The minimum absolute atomic E-state index is 0.0533. The van der Waals surface area contributed by atoms with Crippen molar-refractivity contribution in [1.82, 2.24) is 5.32 Å². The maximum atomic E-state index is 11.4. The molecule has 0 aliphatic heterocycles. The minimum Gasteiger partial charge on any atom is -0.491 e. The number of nitrogens with one attached hydrogen (secondary N) is 1. The number of benzene rings is 1. The first-order chi connectivity index (χ1) is 8.74. The Hall–Kier alpha value is -1.75. The van der Waals surface area contributed by atoms with E-state index in [1.807, 2.05) is 12.1 Å². The van der Waals surface area contributed by atoms with Gasteiger partial charge in [-0.25, -0.2) is 0 Å². The van der Waals surface area contributed by atoms with Crippen LogP contribution in [0.25, 0.3) is 0 Å². The number of anilines is 1. The van der Waals surface area contributed by atoms with Crippen LogP contribution in [0.2, 0.25) is 0 Å². The molecule has 18 heavy (non-hydrogen) atoms. The lowest BCUT2D eigenvalue weighted by Crippen LogP contribution is -2.26. The van der Waals surface area contributed by atoms with Gasteiger partial charge in [0.05, 0.1) is 18.7 Å². The molecule has 5 nitrogen and oxygen atoms in total. The van der Waals surface area contributed by atoms with Gasteiger partial charge >= 0.3 is 0 Å². The summed E-state index contributed by atoms with van der Waals surface area (Å²) < 4.78 is 5.41. The Morgan fingerprint density at radius 1 is 1.33 bits per heavy atom. The first-order valence-electron chi connectivity index (χ1n) is 6.09. The van der Waals surface area contributed by atoms with Crippen molar-refractivity contribution < 1.29 is 14.6 Å². The number of nitrogen functional groups attached to an aromatic ring is 1. The van der Waals surface area contributed by atoms with Crippen LogP contribution in [0.15, 0.2) is 24.3 Å². The first-order valence-corrected chi connectivity index (χ1v) is 6.09. The number of hydrogen-bond acceptors (Lipinski definition) is 4. The van der Waals surface area contributed by atoms with E-state index in [1.54, 1.807) is 12.1 Å². The van der Waals surface area contributed by atoms with Crippen molar-refractivity contribution in [2.24, 2.45) is 0 Å². The van der Waals surface area contributed by atoms with Gasteiger partial charge in [0, 0.05) is 13.2 Å². The van der Waals surface area contributed by atoms with Crippen molar-refractivity contribution in [3.63, 3.8) is 0 Å². The van der Waals surface area contributed by atoms with E-state index in [4.69, 9.17) is 15.6 Å². The fourth-order valence-corrected chi connectivity index (χ4v) is 1.42. The summed E-state index contributed by atoms with van der Waals surface area (Å²) in [6.45, 7) is 1.05. The van der Waals surface area contributed by atoms with E-state index in [2.05, 4.69) is 5.32 Å². The number of aliphatic hydroxyl groups excluding tert-OH is 1. The Balaban J connectivity index is 2.14. The number of ether oxygens (including phenoxy) is 1. The molecule has 4 N–H and O–H groups in total. The second-order valence-corrected chi connectivity index (χ2v) is 3.92. The van der Waals surface area contributed by atoms with Gasteiger partial charge in [-0.05, 0) is 25.0 Å². The Morgan fingerprint density at radius 2 is 2.11 bits per heavy atom. The molecule has 0 aliphatic rings. The summed E-state index contributed by atoms with van der Waals surface area (Å²) in [6.07, 6.45) is 1.79. The minimum atomic E-state index is -0.0533. The van der Waals surface area contributed by atoms with Crippen molar-refractivity contribution in [2.75, 3.05) is 25.5 Å². The van der Waals surface area contributed by atoms with E-state index in [9.17, 15) is 4.79 Å². The van der Waals surface area contributed by atoms with Crippen LogP contribution in [0.3, 0.4) is 0 Å². The molecule has 1 aromatic rings. The van der Waals surface area contributed by atoms with Gasteiger partial charge < -0.3 is 20.9 Å². The molecular weight excluding hydrogens is 232 g/mol. The Labute approximate surface area is 107 Å². The van der Waals surface area contributed by atoms with Gasteiger partial charge in [-0.15, -0.1) is 0 Å². The van der Waals surface area contributed by atoms with Crippen LogP contribution in [0.1, 0.15) is 19.3 Å². The molecule has 1 amide bonds. The van der Waals surface area contributed by atoms with E-state index >= 15 is 0 Å². The van der Waals surface area contributed by atoms with E-state index in [0.717, 1.165) is 6.42 Å². The van der Waals surface area contributed by atoms with E-state index in [1.165, 1.54) is 0 Å². The third kappa shape index (κ3) is 5.54. The molecule has 0 aromatic heterocycles. The van der Waals surface area contributed by atoms with E-state index < -0.39 is 0 Å². The number of nitrogens with two attached hydrogens (primary N) is 1. The molecule has 0 atom stereocenters. The molecule has 0 aliphatic carbocycles. The van der Waals surface area contributed by atoms with Crippen LogP contribution in [0.5, 0.6) is 5.75 Å². The second-order valence-electron chi connectivity index (χ2n) is 3.92. The molecule has 0 saturated carbocycles. The molecule has 0 saturated heterocycles. The highest BCUT2D eigenvalue weighted by atomic mass is 16.5. The van der Waals surface area contributed by atoms with Crippen molar-refractivity contribution in [3.8, 4) is 5.75 Å². The third-order valence-electron chi connectivity index (χ3n) is 2.41. The Bertz CT molecular complexity index is 369. The van der Waals surface area contributed by atoms with Gasteiger partial charge in [0.25, 0.3) is 0 Å². The molecule has 0 fully saturated rings. The van der Waals surface area contributed by atoms with Gasteiger partial charge in [-0.3, -0.25) is 4.79 Å². The number of rotatable bonds is 8. The Kier molecular flexibility index (Phi) is 6.64. The highest BCUT2D eigenvalue weighted by molar-refractivity contribution is 5.75. The topological polar surface area (TPSA) is 84.6 Å². The molecule has 0 unspecified atom stereocenters. The number of carbonyl (C=O) groups excluding carboxylic acids is 1. The van der Waals surface area contributed by atoms with Crippen LogP contribution in [-0.2, 0) is 4.79 Å². The molecule has 1 aromatic carbocycles. The predicted octanol–water partition coefficient (Wildman–Crippen LogP) is 0.926. The fourth-order valence-electron chi connectivity index (χ4n) is 1.42. The van der Waals surface area contributed by atoms with Gasteiger partial charge in [0.1, 0.15) is 5.75 Å². The first kappa shape index (κ1) is 14.3. The van der Waals surface area contributed by atoms with Crippen LogP contribution in [-0.4, -0.2) is 30.8 Å². The second kappa shape index (κ2) is 8.36. The summed E-state index contributed by atoms with van der Waals surface area (Å²) in [7, 11) is 0. The number of amides is 1. The molecule has 1 rings (SSSR count). The summed E-state index contributed by atoms with van der Waals surface area (Å²) >= 11 is 0. The van der Waals surface area contributed by atoms with Gasteiger partial charge in [0.2, 0.25) is 5.91 Å². The van der Waals surface area contributed by atoms with Crippen LogP contribution in [0, 0.1) is 0 Å². The largest absolute Gasteiger partial charge is 0.491 e. The summed E-state index contributed by atoms with van der Waals surface area (Å²) in [4.78, 5) is 11.4. The summed E-state index contributed by atoms with van der Waals surface area (Å²) in [5.74, 6) is 0.549. The van der Waals surface area contributed by atoms with Crippen molar-refractivity contribution in [1.29, 1.82) is 0 Å². The molecule has 100 valence electrons. The smallest absolute Gasteiger partial charge is 0.223 e. The van der Waals surface area contributed by atoms with Crippen LogP contribution in [0.4, 0.5) is 5.69 Å².